The highest BCUT2D eigenvalue weighted by molar-refractivity contribution is 5.79. The molecule has 0 saturated carbocycles. The lowest BCUT2D eigenvalue weighted by Crippen LogP contribution is -2.40. The number of ether oxygens (including phenoxy) is 1. The first-order valence-corrected chi connectivity index (χ1v) is 8.55. The maximum absolute atomic E-state index is 5.76. The molecule has 0 aliphatic carbocycles. The van der Waals surface area contributed by atoms with Crippen LogP contribution in [-0.4, -0.2) is 53.6 Å². The zero-order chi connectivity index (χ0) is 17.1. The average molecular weight is 324 g/mol. The minimum Gasteiger partial charge on any atom is -0.378 e. The van der Waals surface area contributed by atoms with Gasteiger partial charge in [-0.1, -0.05) is 20.8 Å². The van der Waals surface area contributed by atoms with Crippen molar-refractivity contribution >= 4 is 5.96 Å². The Labute approximate surface area is 139 Å². The second kappa shape index (κ2) is 11.0. The number of rotatable bonds is 10. The lowest BCUT2D eigenvalue weighted by molar-refractivity contribution is 0.0258. The Morgan fingerprint density at radius 1 is 1.30 bits per heavy atom. The molecule has 0 radical (unpaired) electrons. The Hall–Kier alpha value is -1.63. The molecule has 7 heteroatoms. The van der Waals surface area contributed by atoms with Gasteiger partial charge in [0, 0.05) is 39.7 Å². The van der Waals surface area contributed by atoms with Crippen molar-refractivity contribution in [3.63, 3.8) is 0 Å². The third-order valence-corrected chi connectivity index (χ3v) is 3.73. The maximum Gasteiger partial charge on any atom is 0.191 e. The van der Waals surface area contributed by atoms with E-state index in [-0.39, 0.29) is 6.10 Å². The number of aromatic nitrogens is 3. The van der Waals surface area contributed by atoms with Crippen molar-refractivity contribution in [3.8, 4) is 0 Å². The van der Waals surface area contributed by atoms with Gasteiger partial charge in [0.1, 0.15) is 12.2 Å². The fraction of sp³-hybridized carbons (Fsp3) is 0.812. The number of hydrogen-bond acceptors (Lipinski definition) is 4. The highest BCUT2D eigenvalue weighted by Gasteiger charge is 2.12. The molecule has 1 atom stereocenters. The van der Waals surface area contributed by atoms with E-state index >= 15 is 0 Å². The van der Waals surface area contributed by atoms with Crippen LogP contribution in [0, 0.1) is 5.92 Å². The molecular formula is C16H32N6O. The molecule has 132 valence electrons. The Morgan fingerprint density at radius 3 is 2.65 bits per heavy atom. The minimum atomic E-state index is 0.287. The van der Waals surface area contributed by atoms with Crippen molar-refractivity contribution in [1.82, 2.24) is 25.4 Å². The van der Waals surface area contributed by atoms with Gasteiger partial charge >= 0.3 is 0 Å². The lowest BCUT2D eigenvalue weighted by atomic mass is 10.0. The van der Waals surface area contributed by atoms with Crippen molar-refractivity contribution in [2.45, 2.75) is 53.2 Å². The molecule has 1 heterocycles. The number of hydrogen-bond donors (Lipinski definition) is 2. The first-order chi connectivity index (χ1) is 11.1. The van der Waals surface area contributed by atoms with Crippen molar-refractivity contribution in [1.29, 1.82) is 0 Å². The largest absolute Gasteiger partial charge is 0.378 e. The summed E-state index contributed by atoms with van der Waals surface area (Å²) < 4.78 is 7.82. The fourth-order valence-corrected chi connectivity index (χ4v) is 2.41. The molecule has 0 bridgehead atoms. The van der Waals surface area contributed by atoms with Crippen LogP contribution < -0.4 is 10.6 Å². The zero-order valence-corrected chi connectivity index (χ0v) is 15.2. The van der Waals surface area contributed by atoms with E-state index in [2.05, 4.69) is 51.2 Å². The number of guanidine groups is 1. The van der Waals surface area contributed by atoms with E-state index in [9.17, 15) is 0 Å². The van der Waals surface area contributed by atoms with Gasteiger partial charge < -0.3 is 19.9 Å². The zero-order valence-electron chi connectivity index (χ0n) is 15.2. The van der Waals surface area contributed by atoms with Gasteiger partial charge in [-0.3, -0.25) is 4.99 Å². The van der Waals surface area contributed by atoms with Crippen molar-refractivity contribution < 1.29 is 4.74 Å². The van der Waals surface area contributed by atoms with Crippen molar-refractivity contribution in [3.05, 3.63) is 12.2 Å². The molecule has 0 aliphatic heterocycles. The summed E-state index contributed by atoms with van der Waals surface area (Å²) in [5.41, 5.74) is 0. The van der Waals surface area contributed by atoms with Gasteiger partial charge in [0.05, 0.1) is 6.10 Å². The molecule has 0 spiro atoms. The van der Waals surface area contributed by atoms with Crippen LogP contribution in [0.25, 0.3) is 0 Å². The van der Waals surface area contributed by atoms with Crippen LogP contribution >= 0.6 is 0 Å². The summed E-state index contributed by atoms with van der Waals surface area (Å²) in [5.74, 6) is 2.34. The van der Waals surface area contributed by atoms with Crippen LogP contribution in [0.2, 0.25) is 0 Å². The Kier molecular flexibility index (Phi) is 9.28. The van der Waals surface area contributed by atoms with Gasteiger partial charge in [0.25, 0.3) is 0 Å². The number of aryl methyl sites for hydroxylation is 1. The quantitative estimate of drug-likeness (QED) is 0.503. The predicted octanol–water partition coefficient (Wildman–Crippen LogP) is 1.46. The lowest BCUT2D eigenvalue weighted by Gasteiger charge is -2.21. The normalized spacial score (nSPS) is 13.4. The molecule has 0 amide bonds. The molecule has 7 nitrogen and oxygen atoms in total. The van der Waals surface area contributed by atoms with Crippen LogP contribution in [0.4, 0.5) is 0 Å². The number of nitrogens with one attached hydrogen (secondary N) is 2. The summed E-state index contributed by atoms with van der Waals surface area (Å²) in [6.07, 6.45) is 3.92. The summed E-state index contributed by atoms with van der Waals surface area (Å²) in [6.45, 7) is 11.7. The first kappa shape index (κ1) is 19.4. The van der Waals surface area contributed by atoms with Gasteiger partial charge in [-0.25, -0.2) is 0 Å². The van der Waals surface area contributed by atoms with E-state index in [1.54, 1.807) is 13.4 Å². The van der Waals surface area contributed by atoms with Crippen LogP contribution in [0.3, 0.4) is 0 Å². The highest BCUT2D eigenvalue weighted by atomic mass is 16.5. The number of nitrogens with zero attached hydrogens (tertiary/aromatic N) is 4. The molecule has 0 fully saturated rings. The Bertz CT molecular complexity index is 457. The SMILES string of the molecule is CCOC(CCNC(=NC)NCCn1cnnc1CC)C(C)C. The third-order valence-electron chi connectivity index (χ3n) is 3.73. The molecule has 0 aliphatic rings. The van der Waals surface area contributed by atoms with Crippen LogP contribution in [0.15, 0.2) is 11.3 Å². The number of aliphatic imine (C=N–C) groups is 1. The molecular weight excluding hydrogens is 292 g/mol. The molecule has 2 N–H and O–H groups in total. The van der Waals surface area contributed by atoms with E-state index in [1.165, 1.54) is 0 Å². The molecule has 1 aromatic rings. The Morgan fingerprint density at radius 2 is 2.04 bits per heavy atom. The van der Waals surface area contributed by atoms with E-state index in [4.69, 9.17) is 4.74 Å². The molecule has 0 aromatic carbocycles. The van der Waals surface area contributed by atoms with Crippen molar-refractivity contribution in [2.24, 2.45) is 10.9 Å². The first-order valence-electron chi connectivity index (χ1n) is 8.55. The molecule has 1 unspecified atom stereocenters. The monoisotopic (exact) mass is 324 g/mol. The van der Waals surface area contributed by atoms with Crippen LogP contribution in [-0.2, 0) is 17.7 Å². The summed E-state index contributed by atoms with van der Waals surface area (Å²) in [4.78, 5) is 4.25. The predicted molar refractivity (Wildman–Crippen MR) is 93.6 cm³/mol. The van der Waals surface area contributed by atoms with Crippen LogP contribution in [0.1, 0.15) is 39.9 Å². The van der Waals surface area contributed by atoms with E-state index in [1.807, 2.05) is 6.92 Å². The summed E-state index contributed by atoms with van der Waals surface area (Å²) in [7, 11) is 1.79. The van der Waals surface area contributed by atoms with Gasteiger partial charge in [-0.15, -0.1) is 10.2 Å². The van der Waals surface area contributed by atoms with Gasteiger partial charge in [-0.05, 0) is 19.3 Å². The second-order valence-corrected chi connectivity index (χ2v) is 5.75. The van der Waals surface area contributed by atoms with E-state index < -0.39 is 0 Å². The van der Waals surface area contributed by atoms with E-state index in [0.29, 0.717) is 5.92 Å². The van der Waals surface area contributed by atoms with Gasteiger partial charge in [-0.2, -0.15) is 0 Å². The van der Waals surface area contributed by atoms with Gasteiger partial charge in [0.2, 0.25) is 0 Å². The minimum absolute atomic E-state index is 0.287. The third kappa shape index (κ3) is 6.99. The highest BCUT2D eigenvalue weighted by Crippen LogP contribution is 2.09. The average Bonchev–Trinajstić information content (AvgIpc) is 2.99. The molecule has 23 heavy (non-hydrogen) atoms. The standard InChI is InChI=1S/C16H32N6O/c1-6-15-21-20-12-22(15)11-10-19-16(17-5)18-9-8-14(13(3)4)23-7-2/h12-14H,6-11H2,1-5H3,(H2,17,18,19). The smallest absolute Gasteiger partial charge is 0.191 e. The fourth-order valence-electron chi connectivity index (χ4n) is 2.41. The van der Waals surface area contributed by atoms with Crippen molar-refractivity contribution in [2.75, 3.05) is 26.7 Å². The molecule has 0 saturated heterocycles. The van der Waals surface area contributed by atoms with Crippen LogP contribution in [0.5, 0.6) is 0 Å². The summed E-state index contributed by atoms with van der Waals surface area (Å²) >= 11 is 0. The topological polar surface area (TPSA) is 76.4 Å². The van der Waals surface area contributed by atoms with E-state index in [0.717, 1.165) is 50.9 Å². The Balaban J connectivity index is 2.29. The summed E-state index contributed by atoms with van der Waals surface area (Å²) in [5, 5.41) is 14.7. The maximum atomic E-state index is 5.76. The van der Waals surface area contributed by atoms with Gasteiger partial charge in [0.15, 0.2) is 5.96 Å². The molecule has 1 aromatic heterocycles. The summed E-state index contributed by atoms with van der Waals surface area (Å²) in [6, 6.07) is 0. The second-order valence-electron chi connectivity index (χ2n) is 5.75. The molecule has 1 rings (SSSR count).